The van der Waals surface area contributed by atoms with Crippen LogP contribution in [0.2, 0.25) is 0 Å². The second-order valence-electron chi connectivity index (χ2n) is 4.07. The zero-order chi connectivity index (χ0) is 12.5. The first-order chi connectivity index (χ1) is 8.79. The Balaban J connectivity index is 2.36. The lowest BCUT2D eigenvalue weighted by Crippen LogP contribution is -2.00. The van der Waals surface area contributed by atoms with Gasteiger partial charge in [0.05, 0.1) is 18.2 Å². The number of rotatable bonds is 1. The van der Waals surface area contributed by atoms with Gasteiger partial charge < -0.3 is 4.74 Å². The molecule has 0 amide bonds. The van der Waals surface area contributed by atoms with Gasteiger partial charge in [-0.25, -0.2) is 4.79 Å². The van der Waals surface area contributed by atoms with Crippen molar-refractivity contribution in [3.05, 3.63) is 54.2 Å². The molecule has 1 heterocycles. The van der Waals surface area contributed by atoms with Crippen LogP contribution in [0.25, 0.3) is 21.7 Å². The fourth-order valence-electron chi connectivity index (χ4n) is 2.10. The van der Waals surface area contributed by atoms with E-state index >= 15 is 0 Å². The summed E-state index contributed by atoms with van der Waals surface area (Å²) >= 11 is 0. The van der Waals surface area contributed by atoms with Crippen molar-refractivity contribution in [2.75, 3.05) is 7.11 Å². The number of carbonyl (C=O) groups is 1. The number of carbonyl (C=O) groups excluding carboxylic acids is 1. The Labute approximate surface area is 104 Å². The molecular formula is C15H11NO2. The number of esters is 1. The van der Waals surface area contributed by atoms with Crippen molar-refractivity contribution in [2.24, 2.45) is 0 Å². The molecular weight excluding hydrogens is 226 g/mol. The molecule has 1 aromatic heterocycles. The molecule has 88 valence electrons. The van der Waals surface area contributed by atoms with Crippen molar-refractivity contribution in [2.45, 2.75) is 0 Å². The minimum Gasteiger partial charge on any atom is -0.465 e. The number of methoxy groups -OCH3 is 1. The monoisotopic (exact) mass is 237 g/mol. The maximum atomic E-state index is 11.6. The van der Waals surface area contributed by atoms with E-state index in [-0.39, 0.29) is 5.97 Å². The Hall–Kier alpha value is -2.42. The highest BCUT2D eigenvalue weighted by Crippen LogP contribution is 2.24. The minimum absolute atomic E-state index is 0.321. The predicted octanol–water partition coefficient (Wildman–Crippen LogP) is 3.17. The van der Waals surface area contributed by atoms with Crippen molar-refractivity contribution in [3.63, 3.8) is 0 Å². The number of hydrogen-bond acceptors (Lipinski definition) is 3. The first kappa shape index (κ1) is 10.7. The number of ether oxygens (including phenoxy) is 1. The summed E-state index contributed by atoms with van der Waals surface area (Å²) in [7, 11) is 1.39. The van der Waals surface area contributed by atoms with Crippen molar-refractivity contribution in [1.82, 2.24) is 4.98 Å². The first-order valence-corrected chi connectivity index (χ1v) is 5.65. The number of pyridine rings is 1. The van der Waals surface area contributed by atoms with Crippen molar-refractivity contribution < 1.29 is 9.53 Å². The van der Waals surface area contributed by atoms with Crippen molar-refractivity contribution >= 4 is 27.6 Å². The quantitative estimate of drug-likeness (QED) is 0.482. The smallest absolute Gasteiger partial charge is 0.337 e. The molecule has 3 nitrogen and oxygen atoms in total. The van der Waals surface area contributed by atoms with Gasteiger partial charge in [-0.1, -0.05) is 24.3 Å². The molecule has 18 heavy (non-hydrogen) atoms. The van der Waals surface area contributed by atoms with Crippen LogP contribution in [-0.4, -0.2) is 18.1 Å². The minimum atomic E-state index is -0.321. The summed E-state index contributed by atoms with van der Waals surface area (Å²) in [5.74, 6) is -0.321. The summed E-state index contributed by atoms with van der Waals surface area (Å²) in [6, 6.07) is 13.4. The summed E-state index contributed by atoms with van der Waals surface area (Å²) in [4.78, 5) is 15.9. The van der Waals surface area contributed by atoms with Crippen LogP contribution < -0.4 is 0 Å². The van der Waals surface area contributed by atoms with Gasteiger partial charge in [-0.15, -0.1) is 0 Å². The highest BCUT2D eigenvalue weighted by atomic mass is 16.5. The van der Waals surface area contributed by atoms with E-state index in [4.69, 9.17) is 4.74 Å². The SMILES string of the molecule is COC(=O)c1ccc2cnc3ccccc3c2c1. The van der Waals surface area contributed by atoms with Crippen LogP contribution in [0.15, 0.2) is 48.7 Å². The molecule has 3 heteroatoms. The van der Waals surface area contributed by atoms with E-state index in [1.807, 2.05) is 42.6 Å². The second kappa shape index (κ2) is 4.11. The molecule has 0 aliphatic carbocycles. The topological polar surface area (TPSA) is 39.2 Å². The van der Waals surface area contributed by atoms with Crippen LogP contribution in [0.5, 0.6) is 0 Å². The number of aromatic nitrogens is 1. The molecule has 0 saturated carbocycles. The van der Waals surface area contributed by atoms with Gasteiger partial charge in [0.15, 0.2) is 0 Å². The molecule has 0 radical (unpaired) electrons. The maximum absolute atomic E-state index is 11.6. The van der Waals surface area contributed by atoms with Gasteiger partial charge >= 0.3 is 5.97 Å². The fourth-order valence-corrected chi connectivity index (χ4v) is 2.10. The highest BCUT2D eigenvalue weighted by molar-refractivity contribution is 6.07. The Morgan fingerprint density at radius 2 is 1.94 bits per heavy atom. The predicted molar refractivity (Wildman–Crippen MR) is 70.6 cm³/mol. The second-order valence-corrected chi connectivity index (χ2v) is 4.07. The summed E-state index contributed by atoms with van der Waals surface area (Å²) in [5.41, 5.74) is 1.48. The largest absolute Gasteiger partial charge is 0.465 e. The zero-order valence-electron chi connectivity index (χ0n) is 9.88. The van der Waals surface area contributed by atoms with Gasteiger partial charge in [-0.3, -0.25) is 4.98 Å². The number of para-hydroxylation sites is 1. The van der Waals surface area contributed by atoms with Gasteiger partial charge in [0.2, 0.25) is 0 Å². The van der Waals surface area contributed by atoms with Crippen LogP contribution in [-0.2, 0) is 4.74 Å². The molecule has 0 N–H and O–H groups in total. The van der Waals surface area contributed by atoms with Crippen LogP contribution >= 0.6 is 0 Å². The lowest BCUT2D eigenvalue weighted by Gasteiger charge is -2.05. The number of nitrogens with zero attached hydrogens (tertiary/aromatic N) is 1. The van der Waals surface area contributed by atoms with Gasteiger partial charge in [-0.2, -0.15) is 0 Å². The molecule has 0 atom stereocenters. The molecule has 3 rings (SSSR count). The lowest BCUT2D eigenvalue weighted by molar-refractivity contribution is 0.0601. The molecule has 0 saturated heterocycles. The molecule has 2 aromatic carbocycles. The van der Waals surface area contributed by atoms with E-state index in [2.05, 4.69) is 4.98 Å². The summed E-state index contributed by atoms with van der Waals surface area (Å²) in [6.45, 7) is 0. The third-order valence-corrected chi connectivity index (χ3v) is 3.01. The average molecular weight is 237 g/mol. The Kier molecular flexibility index (Phi) is 2.45. The normalized spacial score (nSPS) is 10.7. The number of hydrogen-bond donors (Lipinski definition) is 0. The van der Waals surface area contributed by atoms with E-state index in [0.717, 1.165) is 21.7 Å². The standard InChI is InChI=1S/C15H11NO2/c1-18-15(17)10-6-7-11-9-16-14-5-3-2-4-12(14)13(11)8-10/h2-9H,1H3. The van der Waals surface area contributed by atoms with Crippen LogP contribution in [0.1, 0.15) is 10.4 Å². The molecule has 0 spiro atoms. The maximum Gasteiger partial charge on any atom is 0.337 e. The van der Waals surface area contributed by atoms with Gasteiger partial charge in [0.1, 0.15) is 0 Å². The Bertz CT molecular complexity index is 750. The van der Waals surface area contributed by atoms with Crippen LogP contribution in [0.3, 0.4) is 0 Å². The van der Waals surface area contributed by atoms with Crippen LogP contribution in [0, 0.1) is 0 Å². The van der Waals surface area contributed by atoms with Crippen molar-refractivity contribution in [1.29, 1.82) is 0 Å². The number of fused-ring (bicyclic) bond motifs is 3. The highest BCUT2D eigenvalue weighted by Gasteiger charge is 2.08. The Morgan fingerprint density at radius 1 is 1.11 bits per heavy atom. The van der Waals surface area contributed by atoms with Crippen LogP contribution in [0.4, 0.5) is 0 Å². The molecule has 3 aromatic rings. The van der Waals surface area contributed by atoms with Gasteiger partial charge in [0, 0.05) is 17.0 Å². The third kappa shape index (κ3) is 1.61. The molecule has 0 fully saturated rings. The first-order valence-electron chi connectivity index (χ1n) is 5.65. The Morgan fingerprint density at radius 3 is 2.78 bits per heavy atom. The van der Waals surface area contributed by atoms with E-state index in [1.165, 1.54) is 7.11 Å². The van der Waals surface area contributed by atoms with E-state index < -0.39 is 0 Å². The fraction of sp³-hybridized carbons (Fsp3) is 0.0667. The summed E-state index contributed by atoms with van der Waals surface area (Å²) in [6.07, 6.45) is 1.82. The summed E-state index contributed by atoms with van der Waals surface area (Å²) < 4.78 is 4.74. The van der Waals surface area contributed by atoms with E-state index in [0.29, 0.717) is 5.56 Å². The van der Waals surface area contributed by atoms with E-state index in [1.54, 1.807) is 6.07 Å². The van der Waals surface area contributed by atoms with Crippen molar-refractivity contribution in [3.8, 4) is 0 Å². The third-order valence-electron chi connectivity index (χ3n) is 3.01. The average Bonchev–Trinajstić information content (AvgIpc) is 2.45. The molecule has 0 bridgehead atoms. The molecule has 0 unspecified atom stereocenters. The zero-order valence-corrected chi connectivity index (χ0v) is 9.88. The van der Waals surface area contributed by atoms with E-state index in [9.17, 15) is 4.79 Å². The molecule has 0 aliphatic rings. The lowest BCUT2D eigenvalue weighted by atomic mass is 10.0. The number of benzene rings is 2. The summed E-state index contributed by atoms with van der Waals surface area (Å²) in [5, 5.41) is 3.07. The van der Waals surface area contributed by atoms with Gasteiger partial charge in [-0.05, 0) is 23.6 Å². The van der Waals surface area contributed by atoms with Gasteiger partial charge in [0.25, 0.3) is 0 Å². The molecule has 0 aliphatic heterocycles.